The predicted octanol–water partition coefficient (Wildman–Crippen LogP) is 6.65. The molecule has 4 nitrogen and oxygen atoms in total. The van der Waals surface area contributed by atoms with Gasteiger partial charge in [-0.25, -0.2) is 0 Å². The van der Waals surface area contributed by atoms with Crippen LogP contribution in [0, 0.1) is 17.8 Å². The van der Waals surface area contributed by atoms with Crippen molar-refractivity contribution in [2.75, 3.05) is 36.7 Å². The summed E-state index contributed by atoms with van der Waals surface area (Å²) in [6.45, 7) is 6.30. The van der Waals surface area contributed by atoms with E-state index in [2.05, 4.69) is 41.2 Å². The molecular weight excluding hydrogens is 430 g/mol. The third-order valence-electron chi connectivity index (χ3n) is 10.6. The molecule has 3 heterocycles. The quantitative estimate of drug-likeness (QED) is 0.462. The zero-order valence-corrected chi connectivity index (χ0v) is 22.5. The van der Waals surface area contributed by atoms with Gasteiger partial charge in [0.05, 0.1) is 6.61 Å². The van der Waals surface area contributed by atoms with E-state index >= 15 is 0 Å². The molecule has 2 saturated carbocycles. The molecule has 1 saturated heterocycles. The summed E-state index contributed by atoms with van der Waals surface area (Å²) >= 11 is 0. The molecule has 1 aromatic carbocycles. The minimum Gasteiger partial charge on any atom is -0.367 e. The minimum atomic E-state index is 0.390. The lowest BCUT2D eigenvalue weighted by Gasteiger charge is -2.62. The number of rotatable bonds is 6. The topological polar surface area (TPSA) is 27.7 Å². The van der Waals surface area contributed by atoms with Crippen molar-refractivity contribution < 1.29 is 4.74 Å². The summed E-state index contributed by atoms with van der Waals surface area (Å²) in [6, 6.07) is 5.57. The Hall–Kier alpha value is -1.26. The summed E-state index contributed by atoms with van der Waals surface area (Å²) < 4.78 is 6.11. The number of hydrogen-bond acceptors (Lipinski definition) is 4. The van der Waals surface area contributed by atoms with Crippen molar-refractivity contribution in [3.8, 4) is 0 Å². The van der Waals surface area contributed by atoms with Gasteiger partial charge in [-0.05, 0) is 87.3 Å². The lowest BCUT2D eigenvalue weighted by Crippen LogP contribution is -2.69. The number of hydrogen-bond donors (Lipinski definition) is 1. The fraction of sp³-hybridized carbons (Fsp3) is 0.806. The zero-order chi connectivity index (χ0) is 23.8. The molecular formula is C31H49N3O. The second-order valence-electron chi connectivity index (χ2n) is 12.5. The van der Waals surface area contributed by atoms with Crippen molar-refractivity contribution in [2.24, 2.45) is 17.8 Å². The molecule has 0 spiro atoms. The highest BCUT2D eigenvalue weighted by molar-refractivity contribution is 5.73. The van der Waals surface area contributed by atoms with Gasteiger partial charge in [0.1, 0.15) is 6.73 Å². The van der Waals surface area contributed by atoms with Crippen molar-refractivity contribution in [3.63, 3.8) is 0 Å². The molecule has 35 heavy (non-hydrogen) atoms. The van der Waals surface area contributed by atoms with Crippen LogP contribution in [0.1, 0.15) is 102 Å². The van der Waals surface area contributed by atoms with E-state index in [-0.39, 0.29) is 0 Å². The molecule has 0 radical (unpaired) electrons. The van der Waals surface area contributed by atoms with Crippen LogP contribution in [0.2, 0.25) is 0 Å². The van der Waals surface area contributed by atoms with E-state index in [9.17, 15) is 0 Å². The minimum absolute atomic E-state index is 0.390. The molecule has 2 aliphatic carbocycles. The van der Waals surface area contributed by atoms with Gasteiger partial charge < -0.3 is 19.9 Å². The molecule has 4 unspecified atom stereocenters. The summed E-state index contributed by atoms with van der Waals surface area (Å²) in [5.41, 5.74) is 6.46. The molecule has 4 heteroatoms. The highest BCUT2D eigenvalue weighted by Crippen LogP contribution is 2.55. The monoisotopic (exact) mass is 479 g/mol. The smallest absolute Gasteiger partial charge is 0.119 e. The molecule has 0 amide bonds. The Bertz CT molecular complexity index is 880. The lowest BCUT2D eigenvalue weighted by atomic mass is 9.54. The first-order valence-electron chi connectivity index (χ1n) is 15.2. The van der Waals surface area contributed by atoms with Crippen LogP contribution in [-0.4, -0.2) is 38.4 Å². The first-order valence-corrected chi connectivity index (χ1v) is 15.2. The summed E-state index contributed by atoms with van der Waals surface area (Å²) in [7, 11) is 2.20. The Morgan fingerprint density at radius 1 is 1.03 bits per heavy atom. The van der Waals surface area contributed by atoms with Crippen LogP contribution in [-0.2, 0) is 17.8 Å². The fourth-order valence-electron chi connectivity index (χ4n) is 9.12. The second-order valence-corrected chi connectivity index (χ2v) is 12.5. The maximum atomic E-state index is 6.11. The van der Waals surface area contributed by atoms with Crippen LogP contribution in [0.3, 0.4) is 0 Å². The molecule has 4 atom stereocenters. The van der Waals surface area contributed by atoms with Crippen molar-refractivity contribution >= 4 is 11.4 Å². The molecule has 0 bridgehead atoms. The number of anilines is 2. The van der Waals surface area contributed by atoms with Gasteiger partial charge in [-0.15, -0.1) is 0 Å². The normalized spacial score (nSPS) is 33.0. The number of nitrogens with zero attached hydrogens (tertiary/aromatic N) is 2. The van der Waals surface area contributed by atoms with E-state index in [1.165, 1.54) is 114 Å². The molecule has 1 N–H and O–H groups in total. The van der Waals surface area contributed by atoms with Crippen molar-refractivity contribution in [1.82, 2.24) is 5.32 Å². The maximum absolute atomic E-state index is 6.11. The Morgan fingerprint density at radius 3 is 2.77 bits per heavy atom. The number of benzene rings is 1. The average Bonchev–Trinajstić information content (AvgIpc) is 2.91. The van der Waals surface area contributed by atoms with Gasteiger partial charge in [-0.2, -0.15) is 0 Å². The largest absolute Gasteiger partial charge is 0.367 e. The Morgan fingerprint density at radius 2 is 1.91 bits per heavy atom. The van der Waals surface area contributed by atoms with Gasteiger partial charge in [0.25, 0.3) is 0 Å². The van der Waals surface area contributed by atoms with E-state index in [1.54, 1.807) is 11.3 Å². The molecule has 3 fully saturated rings. The van der Waals surface area contributed by atoms with E-state index in [0.717, 1.165) is 24.4 Å². The first-order chi connectivity index (χ1) is 17.2. The third-order valence-corrected chi connectivity index (χ3v) is 10.6. The van der Waals surface area contributed by atoms with Gasteiger partial charge in [0.15, 0.2) is 0 Å². The molecule has 5 aliphatic rings. The second kappa shape index (κ2) is 10.2. The van der Waals surface area contributed by atoms with Crippen LogP contribution in [0.25, 0.3) is 0 Å². The number of nitrogens with one attached hydrogen (secondary N) is 1. The van der Waals surface area contributed by atoms with E-state index in [4.69, 9.17) is 4.74 Å². The number of ether oxygens (including phenoxy) is 1. The van der Waals surface area contributed by atoms with Gasteiger partial charge in [-0.3, -0.25) is 0 Å². The molecule has 6 rings (SSSR count). The molecule has 194 valence electrons. The summed E-state index contributed by atoms with van der Waals surface area (Å²) in [5.74, 6) is 2.51. The highest BCUT2D eigenvalue weighted by atomic mass is 16.5. The van der Waals surface area contributed by atoms with Crippen LogP contribution in [0.5, 0.6) is 0 Å². The number of fused-ring (bicyclic) bond motifs is 6. The summed E-state index contributed by atoms with van der Waals surface area (Å²) in [4.78, 5) is 5.30. The Balaban J connectivity index is 1.40. The van der Waals surface area contributed by atoms with Gasteiger partial charge in [0.2, 0.25) is 0 Å². The Kier molecular flexibility index (Phi) is 7.05. The third kappa shape index (κ3) is 4.21. The lowest BCUT2D eigenvalue weighted by molar-refractivity contribution is -0.0107. The summed E-state index contributed by atoms with van der Waals surface area (Å²) in [6.07, 6.45) is 19.5. The highest BCUT2D eigenvalue weighted by Gasteiger charge is 2.56. The van der Waals surface area contributed by atoms with Crippen LogP contribution in [0.15, 0.2) is 12.1 Å². The van der Waals surface area contributed by atoms with Crippen LogP contribution >= 0.6 is 0 Å². The van der Waals surface area contributed by atoms with Gasteiger partial charge in [-0.1, -0.05) is 51.5 Å². The molecule has 0 aromatic heterocycles. The summed E-state index contributed by atoms with van der Waals surface area (Å²) in [5, 5.41) is 4.27. The zero-order valence-electron chi connectivity index (χ0n) is 22.5. The van der Waals surface area contributed by atoms with Crippen molar-refractivity contribution in [2.45, 2.75) is 115 Å². The number of piperidine rings is 1. The van der Waals surface area contributed by atoms with E-state index in [1.807, 2.05) is 0 Å². The molecule has 1 aromatic rings. The van der Waals surface area contributed by atoms with Crippen LogP contribution < -0.4 is 15.1 Å². The van der Waals surface area contributed by atoms with Gasteiger partial charge >= 0.3 is 0 Å². The van der Waals surface area contributed by atoms with E-state index in [0.29, 0.717) is 18.3 Å². The predicted molar refractivity (Wildman–Crippen MR) is 146 cm³/mol. The SMILES string of the molecule is CCCCCCN1c2c(ccc3c2COCN3C)CC2CCC3(C4CCCCC4)NCCCC3C21. The average molecular weight is 480 g/mol. The molecule has 3 aliphatic heterocycles. The Labute approximate surface area is 214 Å². The van der Waals surface area contributed by atoms with E-state index < -0.39 is 0 Å². The van der Waals surface area contributed by atoms with Crippen molar-refractivity contribution in [1.29, 1.82) is 0 Å². The number of unbranched alkanes of at least 4 members (excludes halogenated alkanes) is 3. The van der Waals surface area contributed by atoms with Gasteiger partial charge in [0, 0.05) is 42.1 Å². The van der Waals surface area contributed by atoms with Crippen LogP contribution in [0.4, 0.5) is 11.4 Å². The standard InChI is InChI=1S/C31H49N3O/c1-3-4-5-9-19-34-29-23(14-15-28-26(29)21-35-22-33(28)2)20-24-16-17-31(25-11-7-6-8-12-25)27(30(24)34)13-10-18-32-31/h14-15,24-25,27,30,32H,3-13,16-22H2,1-2H3. The first kappa shape index (κ1) is 24.1. The maximum Gasteiger partial charge on any atom is 0.119 e. The van der Waals surface area contributed by atoms with Crippen molar-refractivity contribution in [3.05, 3.63) is 23.3 Å². The fourth-order valence-corrected chi connectivity index (χ4v) is 9.12.